The molecule has 1 N–H and O–H groups in total. The summed E-state index contributed by atoms with van der Waals surface area (Å²) in [6.45, 7) is 2.01. The Morgan fingerprint density at radius 3 is 2.85 bits per heavy atom. The van der Waals surface area contributed by atoms with E-state index in [-0.39, 0.29) is 5.82 Å². The molecule has 0 saturated heterocycles. The van der Waals surface area contributed by atoms with Crippen LogP contribution >= 0.6 is 0 Å². The maximum absolute atomic E-state index is 13.6. The quantitative estimate of drug-likeness (QED) is 0.812. The van der Waals surface area contributed by atoms with E-state index in [1.54, 1.807) is 6.07 Å². The summed E-state index contributed by atoms with van der Waals surface area (Å²) in [4.78, 5) is 0. The van der Waals surface area contributed by atoms with E-state index in [2.05, 4.69) is 9.88 Å². The van der Waals surface area contributed by atoms with E-state index in [0.717, 1.165) is 36.5 Å². The molecule has 20 heavy (non-hydrogen) atoms. The number of rotatable bonds is 5. The lowest BCUT2D eigenvalue weighted by molar-refractivity contribution is 0.369. The van der Waals surface area contributed by atoms with Crippen molar-refractivity contribution in [3.05, 3.63) is 36.3 Å². The molecular formula is C17H23FN2. The molecule has 0 bridgehead atoms. The SMILES string of the molecule is Fc1cccc2c1ccn2CCCNC1CCCCC1. The highest BCUT2D eigenvalue weighted by atomic mass is 19.1. The number of hydrogen-bond donors (Lipinski definition) is 1. The van der Waals surface area contributed by atoms with Crippen molar-refractivity contribution in [2.45, 2.75) is 51.1 Å². The Bertz CT molecular complexity index is 555. The number of aryl methyl sites for hydroxylation is 1. The van der Waals surface area contributed by atoms with Gasteiger partial charge in [-0.15, -0.1) is 0 Å². The number of halogens is 1. The number of fused-ring (bicyclic) bond motifs is 1. The van der Waals surface area contributed by atoms with Gasteiger partial charge in [0, 0.05) is 24.2 Å². The van der Waals surface area contributed by atoms with Crippen LogP contribution in [0.15, 0.2) is 30.5 Å². The summed E-state index contributed by atoms with van der Waals surface area (Å²) in [6.07, 6.45) is 9.90. The zero-order valence-electron chi connectivity index (χ0n) is 11.9. The van der Waals surface area contributed by atoms with Crippen LogP contribution in [-0.2, 0) is 6.54 Å². The van der Waals surface area contributed by atoms with Gasteiger partial charge in [-0.1, -0.05) is 25.3 Å². The normalized spacial score (nSPS) is 16.9. The highest BCUT2D eigenvalue weighted by Crippen LogP contribution is 2.19. The van der Waals surface area contributed by atoms with E-state index in [4.69, 9.17) is 0 Å². The standard InChI is InChI=1S/C17H23FN2/c18-16-8-4-9-17-15(16)10-13-20(17)12-5-11-19-14-6-2-1-3-7-14/h4,8-10,13-14,19H,1-3,5-7,11-12H2. The van der Waals surface area contributed by atoms with Crippen LogP contribution in [0.25, 0.3) is 10.9 Å². The third-order valence-electron chi connectivity index (χ3n) is 4.37. The van der Waals surface area contributed by atoms with E-state index >= 15 is 0 Å². The Balaban J connectivity index is 1.51. The maximum Gasteiger partial charge on any atom is 0.132 e. The van der Waals surface area contributed by atoms with Crippen LogP contribution in [0.1, 0.15) is 38.5 Å². The Labute approximate surface area is 120 Å². The molecule has 0 spiro atoms. The van der Waals surface area contributed by atoms with E-state index in [1.165, 1.54) is 38.2 Å². The zero-order valence-corrected chi connectivity index (χ0v) is 11.9. The highest BCUT2D eigenvalue weighted by Gasteiger charge is 2.12. The van der Waals surface area contributed by atoms with Gasteiger partial charge in [0.15, 0.2) is 0 Å². The summed E-state index contributed by atoms with van der Waals surface area (Å²) in [6, 6.07) is 7.90. The fourth-order valence-corrected chi connectivity index (χ4v) is 3.24. The number of hydrogen-bond acceptors (Lipinski definition) is 1. The molecule has 2 nitrogen and oxygen atoms in total. The van der Waals surface area contributed by atoms with Gasteiger partial charge in [-0.05, 0) is 44.0 Å². The second kappa shape index (κ2) is 6.40. The van der Waals surface area contributed by atoms with Gasteiger partial charge < -0.3 is 9.88 Å². The Morgan fingerprint density at radius 1 is 1.15 bits per heavy atom. The molecule has 2 aromatic rings. The lowest BCUT2D eigenvalue weighted by Gasteiger charge is -2.22. The molecule has 0 aliphatic heterocycles. The first-order chi connectivity index (χ1) is 9.84. The summed E-state index contributed by atoms with van der Waals surface area (Å²) in [7, 11) is 0. The van der Waals surface area contributed by atoms with Crippen LogP contribution in [0.3, 0.4) is 0 Å². The number of aromatic nitrogens is 1. The van der Waals surface area contributed by atoms with Crippen molar-refractivity contribution >= 4 is 10.9 Å². The molecule has 0 unspecified atom stereocenters. The molecule has 3 heteroatoms. The van der Waals surface area contributed by atoms with Crippen LogP contribution in [0.5, 0.6) is 0 Å². The predicted octanol–water partition coefficient (Wildman–Crippen LogP) is 4.09. The third-order valence-corrected chi connectivity index (χ3v) is 4.37. The van der Waals surface area contributed by atoms with E-state index in [0.29, 0.717) is 0 Å². The van der Waals surface area contributed by atoms with Gasteiger partial charge in [0.25, 0.3) is 0 Å². The Morgan fingerprint density at radius 2 is 2.00 bits per heavy atom. The Hall–Kier alpha value is -1.35. The van der Waals surface area contributed by atoms with Gasteiger partial charge in [-0.25, -0.2) is 4.39 Å². The molecule has 108 valence electrons. The minimum absolute atomic E-state index is 0.124. The predicted molar refractivity (Wildman–Crippen MR) is 81.4 cm³/mol. The molecule has 0 atom stereocenters. The molecule has 0 amide bonds. The molecular weight excluding hydrogens is 251 g/mol. The van der Waals surface area contributed by atoms with Crippen LogP contribution in [-0.4, -0.2) is 17.2 Å². The third kappa shape index (κ3) is 3.04. The molecule has 1 aromatic carbocycles. The number of nitrogens with zero attached hydrogens (tertiary/aromatic N) is 1. The highest BCUT2D eigenvalue weighted by molar-refractivity contribution is 5.80. The lowest BCUT2D eigenvalue weighted by Crippen LogP contribution is -2.32. The zero-order chi connectivity index (χ0) is 13.8. The van der Waals surface area contributed by atoms with Crippen molar-refractivity contribution in [1.29, 1.82) is 0 Å². The van der Waals surface area contributed by atoms with E-state index in [1.807, 2.05) is 18.3 Å². The first kappa shape index (κ1) is 13.6. The summed E-state index contributed by atoms with van der Waals surface area (Å²) < 4.78 is 15.8. The van der Waals surface area contributed by atoms with Crippen LogP contribution < -0.4 is 5.32 Å². The summed E-state index contributed by atoms with van der Waals surface area (Å²) in [5, 5.41) is 4.39. The van der Waals surface area contributed by atoms with Gasteiger partial charge in [0.2, 0.25) is 0 Å². The van der Waals surface area contributed by atoms with E-state index in [9.17, 15) is 4.39 Å². The van der Waals surface area contributed by atoms with Gasteiger partial charge in [0.05, 0.1) is 5.52 Å². The van der Waals surface area contributed by atoms with Gasteiger partial charge in [-0.3, -0.25) is 0 Å². The van der Waals surface area contributed by atoms with Gasteiger partial charge in [-0.2, -0.15) is 0 Å². The van der Waals surface area contributed by atoms with Crippen molar-refractivity contribution in [1.82, 2.24) is 9.88 Å². The maximum atomic E-state index is 13.6. The molecule has 3 rings (SSSR count). The van der Waals surface area contributed by atoms with Gasteiger partial charge in [0.1, 0.15) is 5.82 Å². The topological polar surface area (TPSA) is 17.0 Å². The van der Waals surface area contributed by atoms with Gasteiger partial charge >= 0.3 is 0 Å². The van der Waals surface area contributed by atoms with E-state index < -0.39 is 0 Å². The summed E-state index contributed by atoms with van der Waals surface area (Å²) in [5.41, 5.74) is 1.00. The average Bonchev–Trinajstić information content (AvgIpc) is 2.90. The lowest BCUT2D eigenvalue weighted by atomic mass is 9.95. The fraction of sp³-hybridized carbons (Fsp3) is 0.529. The molecule has 1 aromatic heterocycles. The summed E-state index contributed by atoms with van der Waals surface area (Å²) in [5.74, 6) is -0.124. The first-order valence-electron chi connectivity index (χ1n) is 7.81. The Kier molecular flexibility index (Phi) is 4.36. The van der Waals surface area contributed by atoms with Crippen molar-refractivity contribution in [3.63, 3.8) is 0 Å². The monoisotopic (exact) mass is 274 g/mol. The first-order valence-corrected chi connectivity index (χ1v) is 7.81. The molecule has 1 aliphatic rings. The van der Waals surface area contributed by atoms with Crippen molar-refractivity contribution in [3.8, 4) is 0 Å². The average molecular weight is 274 g/mol. The number of benzene rings is 1. The van der Waals surface area contributed by atoms with Crippen molar-refractivity contribution in [2.75, 3.05) is 6.54 Å². The second-order valence-electron chi connectivity index (χ2n) is 5.82. The van der Waals surface area contributed by atoms with Crippen molar-refractivity contribution in [2.24, 2.45) is 0 Å². The molecule has 0 radical (unpaired) electrons. The van der Waals surface area contributed by atoms with Crippen LogP contribution in [0.2, 0.25) is 0 Å². The second-order valence-corrected chi connectivity index (χ2v) is 5.82. The minimum Gasteiger partial charge on any atom is -0.347 e. The van der Waals surface area contributed by atoms with Crippen molar-refractivity contribution < 1.29 is 4.39 Å². The molecule has 1 saturated carbocycles. The minimum atomic E-state index is -0.124. The number of nitrogens with one attached hydrogen (secondary N) is 1. The van der Waals surface area contributed by atoms with Crippen LogP contribution in [0.4, 0.5) is 4.39 Å². The largest absolute Gasteiger partial charge is 0.347 e. The fourth-order valence-electron chi connectivity index (χ4n) is 3.24. The molecule has 1 fully saturated rings. The van der Waals surface area contributed by atoms with Crippen LogP contribution in [0, 0.1) is 5.82 Å². The molecule has 1 aliphatic carbocycles. The molecule has 1 heterocycles. The smallest absolute Gasteiger partial charge is 0.132 e. The summed E-state index contributed by atoms with van der Waals surface area (Å²) >= 11 is 0.